The lowest BCUT2D eigenvalue weighted by Gasteiger charge is -2.57. The summed E-state index contributed by atoms with van der Waals surface area (Å²) in [5.74, 6) is 0.986. The average molecular weight is 204 g/mol. The van der Waals surface area contributed by atoms with Crippen molar-refractivity contribution < 1.29 is 4.74 Å². The maximum atomic E-state index is 5.36. The number of benzene rings is 1. The molecule has 2 saturated heterocycles. The molecule has 1 spiro atoms. The molecule has 0 atom stereocenters. The number of hydrogen-bond donors (Lipinski definition) is 1. The van der Waals surface area contributed by atoms with Crippen molar-refractivity contribution in [1.82, 2.24) is 5.32 Å². The van der Waals surface area contributed by atoms with Crippen LogP contribution in [-0.4, -0.2) is 33.3 Å². The highest BCUT2D eigenvalue weighted by molar-refractivity contribution is 5.60. The third-order valence-corrected chi connectivity index (χ3v) is 3.48. The first-order valence-electron chi connectivity index (χ1n) is 5.42. The summed E-state index contributed by atoms with van der Waals surface area (Å²) in [4.78, 5) is 2.40. The van der Waals surface area contributed by atoms with Gasteiger partial charge in [0.15, 0.2) is 0 Å². The number of anilines is 1. The van der Waals surface area contributed by atoms with Gasteiger partial charge in [-0.3, -0.25) is 0 Å². The van der Waals surface area contributed by atoms with Crippen molar-refractivity contribution in [2.75, 3.05) is 38.2 Å². The molecule has 1 aromatic rings. The summed E-state index contributed by atoms with van der Waals surface area (Å²) in [7, 11) is 1.74. The number of nitrogens with zero attached hydrogens (tertiary/aromatic N) is 1. The maximum Gasteiger partial charge on any atom is 0.142 e. The highest BCUT2D eigenvalue weighted by Gasteiger charge is 2.47. The Morgan fingerprint density at radius 2 is 2.00 bits per heavy atom. The van der Waals surface area contributed by atoms with Crippen molar-refractivity contribution in [1.29, 1.82) is 0 Å². The van der Waals surface area contributed by atoms with Crippen molar-refractivity contribution in [3.8, 4) is 5.75 Å². The first-order chi connectivity index (χ1) is 7.33. The summed E-state index contributed by atoms with van der Waals surface area (Å²) >= 11 is 0. The van der Waals surface area contributed by atoms with Crippen molar-refractivity contribution in [3.63, 3.8) is 0 Å². The number of ether oxygens (including phenoxy) is 1. The van der Waals surface area contributed by atoms with Gasteiger partial charge >= 0.3 is 0 Å². The summed E-state index contributed by atoms with van der Waals surface area (Å²) in [6, 6.07) is 8.25. The topological polar surface area (TPSA) is 24.5 Å². The van der Waals surface area contributed by atoms with Crippen molar-refractivity contribution in [3.05, 3.63) is 24.3 Å². The number of para-hydroxylation sites is 2. The van der Waals surface area contributed by atoms with E-state index in [1.54, 1.807) is 7.11 Å². The second-order valence-electron chi connectivity index (χ2n) is 4.63. The van der Waals surface area contributed by atoms with E-state index in [2.05, 4.69) is 22.3 Å². The lowest BCUT2D eigenvalue weighted by atomic mass is 9.74. The van der Waals surface area contributed by atoms with Gasteiger partial charge in [-0.05, 0) is 12.1 Å². The molecule has 0 saturated carbocycles. The number of rotatable bonds is 2. The summed E-state index contributed by atoms with van der Waals surface area (Å²) in [5, 5.41) is 3.35. The van der Waals surface area contributed by atoms with E-state index in [1.165, 1.54) is 31.9 Å². The normalized spacial score (nSPS) is 22.1. The van der Waals surface area contributed by atoms with Crippen LogP contribution >= 0.6 is 0 Å². The molecule has 3 nitrogen and oxygen atoms in total. The monoisotopic (exact) mass is 204 g/mol. The number of nitrogens with one attached hydrogen (secondary N) is 1. The van der Waals surface area contributed by atoms with Gasteiger partial charge in [0.05, 0.1) is 12.8 Å². The third kappa shape index (κ3) is 1.30. The zero-order chi connectivity index (χ0) is 10.3. The fraction of sp³-hybridized carbons (Fsp3) is 0.500. The minimum Gasteiger partial charge on any atom is -0.495 e. The van der Waals surface area contributed by atoms with Gasteiger partial charge in [-0.25, -0.2) is 0 Å². The number of hydrogen-bond acceptors (Lipinski definition) is 3. The Kier molecular flexibility index (Phi) is 1.89. The highest BCUT2D eigenvalue weighted by Crippen LogP contribution is 2.40. The Labute approximate surface area is 90.0 Å². The van der Waals surface area contributed by atoms with Crippen molar-refractivity contribution >= 4 is 5.69 Å². The van der Waals surface area contributed by atoms with Gasteiger partial charge in [-0.2, -0.15) is 0 Å². The lowest BCUT2D eigenvalue weighted by Crippen LogP contribution is -2.71. The van der Waals surface area contributed by atoms with Crippen LogP contribution in [0.3, 0.4) is 0 Å². The smallest absolute Gasteiger partial charge is 0.142 e. The molecule has 0 bridgehead atoms. The van der Waals surface area contributed by atoms with Crippen molar-refractivity contribution in [2.45, 2.75) is 0 Å². The molecule has 3 rings (SSSR count). The van der Waals surface area contributed by atoms with E-state index in [9.17, 15) is 0 Å². The van der Waals surface area contributed by atoms with E-state index in [1.807, 2.05) is 12.1 Å². The number of methoxy groups -OCH3 is 1. The maximum absolute atomic E-state index is 5.36. The predicted molar refractivity (Wildman–Crippen MR) is 60.5 cm³/mol. The minimum absolute atomic E-state index is 0.570. The third-order valence-electron chi connectivity index (χ3n) is 3.48. The van der Waals surface area contributed by atoms with Crippen LogP contribution in [0, 0.1) is 5.41 Å². The standard InChI is InChI=1S/C12H16N2O/c1-15-11-5-3-2-4-10(11)14-8-12(9-14)6-13-7-12/h2-5,13H,6-9H2,1H3. The van der Waals surface area contributed by atoms with Crippen LogP contribution < -0.4 is 15.0 Å². The highest BCUT2D eigenvalue weighted by atomic mass is 16.5. The molecule has 80 valence electrons. The molecule has 3 heteroatoms. The second-order valence-corrected chi connectivity index (χ2v) is 4.63. The van der Waals surface area contributed by atoms with E-state index in [4.69, 9.17) is 4.74 Å². The summed E-state index contributed by atoms with van der Waals surface area (Å²) in [6.07, 6.45) is 0. The van der Waals surface area contributed by atoms with Crippen LogP contribution in [0.2, 0.25) is 0 Å². The fourth-order valence-electron chi connectivity index (χ4n) is 2.53. The van der Waals surface area contributed by atoms with Crippen LogP contribution in [-0.2, 0) is 0 Å². The Morgan fingerprint density at radius 1 is 1.27 bits per heavy atom. The van der Waals surface area contributed by atoms with Gasteiger partial charge in [-0.1, -0.05) is 12.1 Å². The van der Waals surface area contributed by atoms with E-state index in [0.717, 1.165) is 5.75 Å². The summed E-state index contributed by atoms with van der Waals surface area (Å²) in [6.45, 7) is 4.69. The molecule has 2 heterocycles. The van der Waals surface area contributed by atoms with E-state index in [0.29, 0.717) is 5.41 Å². The Bertz CT molecular complexity index is 366. The molecule has 0 amide bonds. The summed E-state index contributed by atoms with van der Waals surface area (Å²) in [5.41, 5.74) is 1.80. The van der Waals surface area contributed by atoms with Crippen LogP contribution in [0.1, 0.15) is 0 Å². The van der Waals surface area contributed by atoms with Crippen LogP contribution in [0.15, 0.2) is 24.3 Å². The second kappa shape index (κ2) is 3.14. The molecule has 0 aromatic heterocycles. The van der Waals surface area contributed by atoms with Gasteiger partial charge in [0, 0.05) is 31.6 Å². The molecular formula is C12H16N2O. The van der Waals surface area contributed by atoms with Gasteiger partial charge in [-0.15, -0.1) is 0 Å². The quantitative estimate of drug-likeness (QED) is 0.781. The zero-order valence-corrected chi connectivity index (χ0v) is 8.99. The average Bonchev–Trinajstić information content (AvgIpc) is 2.14. The molecule has 2 aliphatic rings. The summed E-state index contributed by atoms with van der Waals surface area (Å²) < 4.78 is 5.36. The molecule has 1 N–H and O–H groups in total. The predicted octanol–water partition coefficient (Wildman–Crippen LogP) is 1.10. The molecule has 0 radical (unpaired) electrons. The zero-order valence-electron chi connectivity index (χ0n) is 8.99. The molecule has 2 fully saturated rings. The van der Waals surface area contributed by atoms with Crippen LogP contribution in [0.25, 0.3) is 0 Å². The minimum atomic E-state index is 0.570. The van der Waals surface area contributed by atoms with Gasteiger partial charge in [0.2, 0.25) is 0 Å². The van der Waals surface area contributed by atoms with E-state index >= 15 is 0 Å². The van der Waals surface area contributed by atoms with Crippen LogP contribution in [0.5, 0.6) is 5.75 Å². The van der Waals surface area contributed by atoms with Gasteiger partial charge < -0.3 is 15.0 Å². The van der Waals surface area contributed by atoms with Gasteiger partial charge in [0.1, 0.15) is 5.75 Å². The lowest BCUT2D eigenvalue weighted by molar-refractivity contribution is 0.120. The SMILES string of the molecule is COc1ccccc1N1CC2(CNC2)C1. The molecule has 0 unspecified atom stereocenters. The van der Waals surface area contributed by atoms with Crippen molar-refractivity contribution in [2.24, 2.45) is 5.41 Å². The first kappa shape index (κ1) is 9.04. The first-order valence-corrected chi connectivity index (χ1v) is 5.42. The van der Waals surface area contributed by atoms with E-state index < -0.39 is 0 Å². The molecular weight excluding hydrogens is 188 g/mol. The molecule has 2 aliphatic heterocycles. The molecule has 15 heavy (non-hydrogen) atoms. The Hall–Kier alpha value is -1.22. The van der Waals surface area contributed by atoms with E-state index in [-0.39, 0.29) is 0 Å². The fourth-order valence-corrected chi connectivity index (χ4v) is 2.53. The largest absolute Gasteiger partial charge is 0.495 e. The van der Waals surface area contributed by atoms with Gasteiger partial charge in [0.25, 0.3) is 0 Å². The molecule has 1 aromatic carbocycles. The Balaban J connectivity index is 1.77. The van der Waals surface area contributed by atoms with Crippen LogP contribution in [0.4, 0.5) is 5.69 Å². The molecule has 0 aliphatic carbocycles. The Morgan fingerprint density at radius 3 is 2.60 bits per heavy atom.